The summed E-state index contributed by atoms with van der Waals surface area (Å²) in [5.74, 6) is 0.821. The van der Waals surface area contributed by atoms with Gasteiger partial charge in [-0.2, -0.15) is 5.10 Å². The van der Waals surface area contributed by atoms with Crippen molar-refractivity contribution in [2.24, 2.45) is 0 Å². The molecule has 0 atom stereocenters. The second-order valence-corrected chi connectivity index (χ2v) is 7.96. The van der Waals surface area contributed by atoms with Gasteiger partial charge in [-0.15, -0.1) is 0 Å². The minimum atomic E-state index is -0.0642. The van der Waals surface area contributed by atoms with Gasteiger partial charge in [-0.1, -0.05) is 39.0 Å². The zero-order chi connectivity index (χ0) is 19.9. The van der Waals surface area contributed by atoms with Gasteiger partial charge in [-0.05, 0) is 36.8 Å². The first-order valence-electron chi connectivity index (χ1n) is 9.34. The number of benzene rings is 1. The number of nitrogens with zero attached hydrogens (tertiary/aromatic N) is 4. The first kappa shape index (κ1) is 18.2. The summed E-state index contributed by atoms with van der Waals surface area (Å²) in [6, 6.07) is 16.1. The number of ether oxygens (including phenoxy) is 1. The third-order valence-corrected chi connectivity index (χ3v) is 4.78. The van der Waals surface area contributed by atoms with Crippen molar-refractivity contribution in [1.29, 1.82) is 0 Å². The van der Waals surface area contributed by atoms with E-state index in [1.807, 2.05) is 60.1 Å². The molecule has 0 spiro atoms. The molecule has 0 radical (unpaired) electrons. The predicted molar refractivity (Wildman–Crippen MR) is 112 cm³/mol. The van der Waals surface area contributed by atoms with Crippen molar-refractivity contribution in [3.05, 3.63) is 66.1 Å². The maximum atomic E-state index is 5.30. The van der Waals surface area contributed by atoms with Crippen LogP contribution in [0, 0.1) is 6.92 Å². The molecule has 4 rings (SSSR count). The average Bonchev–Trinajstić information content (AvgIpc) is 3.12. The summed E-state index contributed by atoms with van der Waals surface area (Å²) in [6.07, 6.45) is 1.91. The topological polar surface area (TPSA) is 52.3 Å². The van der Waals surface area contributed by atoms with E-state index in [0.29, 0.717) is 0 Å². The highest BCUT2D eigenvalue weighted by Gasteiger charge is 2.22. The summed E-state index contributed by atoms with van der Waals surface area (Å²) in [5, 5.41) is 4.90. The predicted octanol–water partition coefficient (Wildman–Crippen LogP) is 5.07. The van der Waals surface area contributed by atoms with Crippen molar-refractivity contribution in [3.8, 4) is 28.3 Å². The molecule has 4 aromatic rings. The van der Waals surface area contributed by atoms with E-state index in [4.69, 9.17) is 14.8 Å². The maximum Gasteiger partial charge on any atom is 0.156 e. The molecule has 28 heavy (non-hydrogen) atoms. The molecule has 0 saturated carbocycles. The third-order valence-electron chi connectivity index (χ3n) is 4.78. The first-order chi connectivity index (χ1) is 13.4. The van der Waals surface area contributed by atoms with E-state index in [1.165, 1.54) is 0 Å². The van der Waals surface area contributed by atoms with Gasteiger partial charge >= 0.3 is 0 Å². The monoisotopic (exact) mass is 372 g/mol. The summed E-state index contributed by atoms with van der Waals surface area (Å²) >= 11 is 0. The molecule has 1 aromatic carbocycles. The molecule has 3 heterocycles. The Morgan fingerprint density at radius 1 is 1.00 bits per heavy atom. The van der Waals surface area contributed by atoms with E-state index in [2.05, 4.69) is 31.8 Å². The van der Waals surface area contributed by atoms with Crippen LogP contribution in [0.15, 0.2) is 54.7 Å². The van der Waals surface area contributed by atoms with Crippen LogP contribution < -0.4 is 4.74 Å². The molecule has 0 fully saturated rings. The van der Waals surface area contributed by atoms with Crippen LogP contribution in [-0.4, -0.2) is 26.7 Å². The Morgan fingerprint density at radius 2 is 1.75 bits per heavy atom. The molecule has 0 aliphatic carbocycles. The highest BCUT2D eigenvalue weighted by molar-refractivity contribution is 5.80. The highest BCUT2D eigenvalue weighted by Crippen LogP contribution is 2.33. The van der Waals surface area contributed by atoms with E-state index in [9.17, 15) is 0 Å². The Morgan fingerprint density at radius 3 is 2.39 bits per heavy atom. The van der Waals surface area contributed by atoms with Crippen molar-refractivity contribution in [2.45, 2.75) is 33.1 Å². The molecule has 0 amide bonds. The van der Waals surface area contributed by atoms with Crippen LogP contribution in [-0.2, 0) is 5.41 Å². The molecule has 0 bridgehead atoms. The lowest BCUT2D eigenvalue weighted by Crippen LogP contribution is -2.12. The SMILES string of the molecule is COc1ccc(-c2cnc3cc(C(C)(C)C)nn3c2-c2cccc(C)n2)cc1. The molecular formula is C23H24N4O. The molecule has 0 unspecified atom stereocenters. The van der Waals surface area contributed by atoms with Crippen LogP contribution in [0.4, 0.5) is 0 Å². The molecular weight excluding hydrogens is 348 g/mol. The molecule has 0 saturated heterocycles. The third kappa shape index (κ3) is 3.24. The maximum absolute atomic E-state index is 5.30. The molecule has 142 valence electrons. The van der Waals surface area contributed by atoms with Gasteiger partial charge < -0.3 is 4.74 Å². The fraction of sp³-hybridized carbons (Fsp3) is 0.261. The highest BCUT2D eigenvalue weighted by atomic mass is 16.5. The van der Waals surface area contributed by atoms with Gasteiger partial charge in [0.25, 0.3) is 0 Å². The lowest BCUT2D eigenvalue weighted by Gasteiger charge is -2.14. The summed E-state index contributed by atoms with van der Waals surface area (Å²) in [5.41, 5.74) is 6.56. The lowest BCUT2D eigenvalue weighted by molar-refractivity contribution is 0.415. The largest absolute Gasteiger partial charge is 0.497 e. The van der Waals surface area contributed by atoms with Crippen LogP contribution in [0.5, 0.6) is 5.75 Å². The van der Waals surface area contributed by atoms with Crippen molar-refractivity contribution in [1.82, 2.24) is 19.6 Å². The summed E-state index contributed by atoms with van der Waals surface area (Å²) in [4.78, 5) is 9.46. The van der Waals surface area contributed by atoms with Gasteiger partial charge in [0.1, 0.15) is 11.4 Å². The number of methoxy groups -OCH3 is 1. The number of pyridine rings is 1. The summed E-state index contributed by atoms with van der Waals surface area (Å²) in [6.45, 7) is 8.47. The molecule has 0 N–H and O–H groups in total. The van der Waals surface area contributed by atoms with Gasteiger partial charge in [0.05, 0.1) is 18.5 Å². The van der Waals surface area contributed by atoms with Crippen molar-refractivity contribution in [2.75, 3.05) is 7.11 Å². The number of hydrogen-bond acceptors (Lipinski definition) is 4. The Balaban J connectivity index is 2.02. The van der Waals surface area contributed by atoms with Gasteiger partial charge in [-0.3, -0.25) is 4.98 Å². The quantitative estimate of drug-likeness (QED) is 0.504. The second-order valence-electron chi connectivity index (χ2n) is 7.96. The van der Waals surface area contributed by atoms with Crippen molar-refractivity contribution < 1.29 is 4.74 Å². The Labute approximate surface area is 165 Å². The summed E-state index contributed by atoms with van der Waals surface area (Å²) < 4.78 is 7.22. The minimum Gasteiger partial charge on any atom is -0.497 e. The van der Waals surface area contributed by atoms with E-state index in [1.54, 1.807) is 7.11 Å². The fourth-order valence-electron chi connectivity index (χ4n) is 3.20. The molecule has 0 aliphatic rings. The van der Waals surface area contributed by atoms with E-state index in [-0.39, 0.29) is 5.41 Å². The van der Waals surface area contributed by atoms with Crippen LogP contribution in [0.25, 0.3) is 28.2 Å². The standard InChI is InChI=1S/C23H24N4O/c1-15-7-6-8-19(25-15)22-18(16-9-11-17(28-5)12-10-16)14-24-21-13-20(23(2,3)4)26-27(21)22/h6-14H,1-5H3. The normalized spacial score (nSPS) is 11.8. The Bertz CT molecular complexity index is 1140. The summed E-state index contributed by atoms with van der Waals surface area (Å²) in [7, 11) is 1.67. The zero-order valence-corrected chi connectivity index (χ0v) is 16.9. The van der Waals surface area contributed by atoms with Gasteiger partial charge in [0, 0.05) is 28.9 Å². The van der Waals surface area contributed by atoms with E-state index in [0.717, 1.165) is 45.3 Å². The molecule has 0 aliphatic heterocycles. The molecule has 5 nitrogen and oxygen atoms in total. The van der Waals surface area contributed by atoms with Gasteiger partial charge in [-0.25, -0.2) is 9.50 Å². The van der Waals surface area contributed by atoms with Gasteiger partial charge in [0.2, 0.25) is 0 Å². The van der Waals surface area contributed by atoms with Crippen LogP contribution in [0.3, 0.4) is 0 Å². The molecule has 3 aromatic heterocycles. The lowest BCUT2D eigenvalue weighted by atomic mass is 9.93. The second kappa shape index (κ2) is 6.75. The Hall–Kier alpha value is -3.21. The number of aromatic nitrogens is 4. The number of rotatable bonds is 3. The van der Waals surface area contributed by atoms with Crippen LogP contribution in [0.1, 0.15) is 32.2 Å². The van der Waals surface area contributed by atoms with Crippen molar-refractivity contribution in [3.63, 3.8) is 0 Å². The zero-order valence-electron chi connectivity index (χ0n) is 16.9. The fourth-order valence-corrected chi connectivity index (χ4v) is 3.20. The van der Waals surface area contributed by atoms with E-state index < -0.39 is 0 Å². The van der Waals surface area contributed by atoms with Crippen LogP contribution >= 0.6 is 0 Å². The smallest absolute Gasteiger partial charge is 0.156 e. The minimum absolute atomic E-state index is 0.0642. The number of aryl methyl sites for hydroxylation is 1. The van der Waals surface area contributed by atoms with Crippen LogP contribution in [0.2, 0.25) is 0 Å². The first-order valence-corrected chi connectivity index (χ1v) is 9.34. The molecule has 5 heteroatoms. The average molecular weight is 372 g/mol. The van der Waals surface area contributed by atoms with E-state index >= 15 is 0 Å². The number of fused-ring (bicyclic) bond motifs is 1. The Kier molecular flexibility index (Phi) is 4.38. The number of hydrogen-bond donors (Lipinski definition) is 0. The van der Waals surface area contributed by atoms with Crippen molar-refractivity contribution >= 4 is 5.65 Å². The van der Waals surface area contributed by atoms with Gasteiger partial charge in [0.15, 0.2) is 5.65 Å².